The highest BCUT2D eigenvalue weighted by Gasteiger charge is 2.31. The molecular formula is C15H12F3N5O. The van der Waals surface area contributed by atoms with Gasteiger partial charge in [0.05, 0.1) is 12.4 Å². The second kappa shape index (κ2) is 6.57. The zero-order chi connectivity index (χ0) is 17.0. The number of nitrogens with zero attached hydrogens (tertiary/aromatic N) is 4. The fourth-order valence-corrected chi connectivity index (χ4v) is 2.02. The highest BCUT2D eigenvalue weighted by atomic mass is 19.4. The lowest BCUT2D eigenvalue weighted by molar-refractivity contribution is -0.274. The molecule has 0 aliphatic heterocycles. The van der Waals surface area contributed by atoms with Gasteiger partial charge in [0.1, 0.15) is 11.6 Å². The molecule has 0 spiro atoms. The normalized spacial score (nSPS) is 11.3. The van der Waals surface area contributed by atoms with Crippen LogP contribution < -0.4 is 10.1 Å². The molecule has 0 unspecified atom stereocenters. The lowest BCUT2D eigenvalue weighted by Crippen LogP contribution is -2.18. The minimum absolute atomic E-state index is 0.101. The topological polar surface area (TPSA) is 64.9 Å². The van der Waals surface area contributed by atoms with Gasteiger partial charge in [-0.2, -0.15) is 5.10 Å². The highest BCUT2D eigenvalue weighted by Crippen LogP contribution is 2.26. The van der Waals surface area contributed by atoms with Gasteiger partial charge in [0.25, 0.3) is 0 Å². The third-order valence-electron chi connectivity index (χ3n) is 3.02. The first-order valence-electron chi connectivity index (χ1n) is 6.91. The van der Waals surface area contributed by atoms with E-state index in [9.17, 15) is 13.2 Å². The molecule has 124 valence electrons. The van der Waals surface area contributed by atoms with Crippen molar-refractivity contribution in [2.45, 2.75) is 12.9 Å². The van der Waals surface area contributed by atoms with Crippen molar-refractivity contribution in [2.75, 3.05) is 5.32 Å². The summed E-state index contributed by atoms with van der Waals surface area (Å²) in [5.74, 6) is 0.642. The van der Waals surface area contributed by atoms with E-state index in [1.807, 2.05) is 0 Å². The Bertz CT molecular complexity index is 805. The van der Waals surface area contributed by atoms with E-state index in [0.717, 1.165) is 0 Å². The summed E-state index contributed by atoms with van der Waals surface area (Å²) in [4.78, 5) is 8.34. The lowest BCUT2D eigenvalue weighted by atomic mass is 10.2. The summed E-state index contributed by atoms with van der Waals surface area (Å²) in [6.45, 7) is 0.101. The number of rotatable bonds is 5. The number of para-hydroxylation sites is 1. The number of anilines is 1. The van der Waals surface area contributed by atoms with Crippen LogP contribution in [-0.2, 0) is 6.54 Å². The van der Waals surface area contributed by atoms with E-state index in [1.54, 1.807) is 30.6 Å². The van der Waals surface area contributed by atoms with Crippen molar-refractivity contribution in [3.8, 4) is 11.6 Å². The number of ether oxygens (including phenoxy) is 1. The minimum Gasteiger partial charge on any atom is -0.405 e. The smallest absolute Gasteiger partial charge is 0.405 e. The maximum absolute atomic E-state index is 12.4. The van der Waals surface area contributed by atoms with Crippen LogP contribution in [0, 0.1) is 0 Å². The van der Waals surface area contributed by atoms with E-state index in [-0.39, 0.29) is 12.3 Å². The van der Waals surface area contributed by atoms with Gasteiger partial charge in [0.2, 0.25) is 0 Å². The monoisotopic (exact) mass is 335 g/mol. The highest BCUT2D eigenvalue weighted by molar-refractivity contribution is 5.40. The molecular weight excluding hydrogens is 323 g/mol. The molecule has 9 heteroatoms. The number of alkyl halides is 3. The van der Waals surface area contributed by atoms with Gasteiger partial charge in [0.15, 0.2) is 5.82 Å². The van der Waals surface area contributed by atoms with Crippen molar-refractivity contribution in [3.05, 3.63) is 60.7 Å². The van der Waals surface area contributed by atoms with E-state index in [2.05, 4.69) is 25.1 Å². The van der Waals surface area contributed by atoms with Crippen molar-refractivity contribution in [2.24, 2.45) is 0 Å². The molecule has 6 nitrogen and oxygen atoms in total. The Balaban J connectivity index is 1.74. The lowest BCUT2D eigenvalue weighted by Gasteiger charge is -2.14. The standard InChI is InChI=1S/C15H12F3N5O/c16-15(17,18)24-12-5-2-1-4-11(12)8-20-13-9-19-10-14(22-13)23-7-3-6-21-23/h1-7,9-10H,8H2,(H,20,22). The van der Waals surface area contributed by atoms with Gasteiger partial charge in [-0.3, -0.25) is 4.98 Å². The van der Waals surface area contributed by atoms with Gasteiger partial charge in [-0.15, -0.1) is 13.2 Å². The molecule has 0 saturated heterocycles. The number of halogens is 3. The Labute approximate surface area is 134 Å². The zero-order valence-corrected chi connectivity index (χ0v) is 12.2. The second-order valence-electron chi connectivity index (χ2n) is 4.72. The van der Waals surface area contributed by atoms with E-state index in [4.69, 9.17) is 0 Å². The number of nitrogens with one attached hydrogen (secondary N) is 1. The van der Waals surface area contributed by atoms with Crippen LogP contribution in [-0.4, -0.2) is 26.1 Å². The summed E-state index contributed by atoms with van der Waals surface area (Å²) in [5.41, 5.74) is 0.348. The van der Waals surface area contributed by atoms with Crippen LogP contribution in [0.2, 0.25) is 0 Å². The largest absolute Gasteiger partial charge is 0.573 e. The molecule has 0 aliphatic rings. The summed E-state index contributed by atoms with van der Waals surface area (Å²) in [7, 11) is 0. The molecule has 0 fully saturated rings. The van der Waals surface area contributed by atoms with Gasteiger partial charge in [-0.25, -0.2) is 9.67 Å². The molecule has 2 aromatic heterocycles. The fraction of sp³-hybridized carbons (Fsp3) is 0.133. The van der Waals surface area contributed by atoms with Crippen LogP contribution in [0.15, 0.2) is 55.1 Å². The number of benzene rings is 1. The van der Waals surface area contributed by atoms with E-state index >= 15 is 0 Å². The van der Waals surface area contributed by atoms with Crippen molar-refractivity contribution in [1.82, 2.24) is 19.7 Å². The quantitative estimate of drug-likeness (QED) is 0.776. The molecule has 0 amide bonds. The second-order valence-corrected chi connectivity index (χ2v) is 4.72. The molecule has 3 aromatic rings. The number of aromatic nitrogens is 4. The third-order valence-corrected chi connectivity index (χ3v) is 3.02. The van der Waals surface area contributed by atoms with Crippen LogP contribution in [0.25, 0.3) is 5.82 Å². The maximum atomic E-state index is 12.4. The molecule has 0 atom stereocenters. The molecule has 24 heavy (non-hydrogen) atoms. The van der Waals surface area contributed by atoms with Crippen LogP contribution in [0.5, 0.6) is 5.75 Å². The summed E-state index contributed by atoms with van der Waals surface area (Å²) in [6.07, 6.45) is 1.57. The SMILES string of the molecule is FC(F)(F)Oc1ccccc1CNc1cncc(-n2cccn2)n1. The van der Waals surface area contributed by atoms with Crippen LogP contribution in [0.1, 0.15) is 5.56 Å². The Hall–Kier alpha value is -3.10. The first-order valence-corrected chi connectivity index (χ1v) is 6.91. The predicted octanol–water partition coefficient (Wildman–Crippen LogP) is 3.17. The molecule has 1 aromatic carbocycles. The van der Waals surface area contributed by atoms with Gasteiger partial charge in [-0.05, 0) is 12.1 Å². The van der Waals surface area contributed by atoms with E-state index in [1.165, 1.54) is 29.2 Å². The van der Waals surface area contributed by atoms with Crippen molar-refractivity contribution >= 4 is 5.82 Å². The van der Waals surface area contributed by atoms with Crippen LogP contribution in [0.4, 0.5) is 19.0 Å². The van der Waals surface area contributed by atoms with Crippen molar-refractivity contribution < 1.29 is 17.9 Å². The predicted molar refractivity (Wildman–Crippen MR) is 79.6 cm³/mol. The minimum atomic E-state index is -4.74. The Kier molecular flexibility index (Phi) is 4.32. The summed E-state index contributed by atoms with van der Waals surface area (Å²) in [5, 5.41) is 6.97. The van der Waals surface area contributed by atoms with Crippen molar-refractivity contribution in [3.63, 3.8) is 0 Å². The average Bonchev–Trinajstić information content (AvgIpc) is 3.07. The zero-order valence-electron chi connectivity index (χ0n) is 12.2. The van der Waals surface area contributed by atoms with Gasteiger partial charge >= 0.3 is 6.36 Å². The number of hydrogen-bond donors (Lipinski definition) is 1. The third kappa shape index (κ3) is 4.00. The van der Waals surface area contributed by atoms with Crippen molar-refractivity contribution in [1.29, 1.82) is 0 Å². The molecule has 2 heterocycles. The van der Waals surface area contributed by atoms with Crippen LogP contribution >= 0.6 is 0 Å². The van der Waals surface area contributed by atoms with Gasteiger partial charge in [0, 0.05) is 24.5 Å². The molecule has 3 rings (SSSR count). The van der Waals surface area contributed by atoms with Gasteiger partial charge < -0.3 is 10.1 Å². The Morgan fingerprint density at radius 2 is 1.96 bits per heavy atom. The molecule has 0 saturated carbocycles. The average molecular weight is 335 g/mol. The molecule has 1 N–H and O–H groups in total. The summed E-state index contributed by atoms with van der Waals surface area (Å²) >= 11 is 0. The Morgan fingerprint density at radius 1 is 1.12 bits per heavy atom. The molecule has 0 radical (unpaired) electrons. The fourth-order valence-electron chi connectivity index (χ4n) is 2.02. The van der Waals surface area contributed by atoms with Crippen LogP contribution in [0.3, 0.4) is 0 Å². The summed E-state index contributed by atoms with van der Waals surface area (Å²) in [6, 6.07) is 7.65. The molecule has 0 aliphatic carbocycles. The first-order chi connectivity index (χ1) is 11.5. The number of hydrogen-bond acceptors (Lipinski definition) is 5. The maximum Gasteiger partial charge on any atom is 0.573 e. The first kappa shape index (κ1) is 15.8. The molecule has 0 bridgehead atoms. The Morgan fingerprint density at radius 3 is 2.71 bits per heavy atom. The summed E-state index contributed by atoms with van der Waals surface area (Å²) < 4.78 is 42.8. The van der Waals surface area contributed by atoms with E-state index in [0.29, 0.717) is 17.2 Å². The van der Waals surface area contributed by atoms with E-state index < -0.39 is 6.36 Å². The van der Waals surface area contributed by atoms with Gasteiger partial charge in [-0.1, -0.05) is 18.2 Å².